The molecule has 1 aliphatic heterocycles. The van der Waals surface area contributed by atoms with Crippen molar-refractivity contribution >= 4 is 5.91 Å². The Balaban J connectivity index is 1.88. The molecule has 2 rings (SSSR count). The van der Waals surface area contributed by atoms with Gasteiger partial charge in [0.25, 0.3) is 0 Å². The monoisotopic (exact) mass is 239 g/mol. The van der Waals surface area contributed by atoms with Gasteiger partial charge in [-0.1, -0.05) is 12.8 Å². The lowest BCUT2D eigenvalue weighted by Crippen LogP contribution is -2.54. The van der Waals surface area contributed by atoms with Crippen molar-refractivity contribution in [1.29, 1.82) is 0 Å². The molecule has 1 aliphatic carbocycles. The van der Waals surface area contributed by atoms with Crippen LogP contribution >= 0.6 is 0 Å². The average Bonchev–Trinajstić information content (AvgIpc) is 2.39. The van der Waals surface area contributed by atoms with E-state index < -0.39 is 0 Å². The van der Waals surface area contributed by atoms with E-state index in [0.29, 0.717) is 12.0 Å². The average molecular weight is 239 g/mol. The first-order valence-electron chi connectivity index (χ1n) is 6.92. The molecule has 2 unspecified atom stereocenters. The van der Waals surface area contributed by atoms with E-state index >= 15 is 0 Å². The largest absolute Gasteiger partial charge is 0.340 e. The molecule has 1 amide bonds. The Morgan fingerprint density at radius 2 is 1.82 bits per heavy atom. The van der Waals surface area contributed by atoms with Gasteiger partial charge in [0.15, 0.2) is 0 Å². The molecular formula is C13H25N3O. The van der Waals surface area contributed by atoms with Crippen LogP contribution in [-0.4, -0.2) is 54.5 Å². The molecule has 0 radical (unpaired) electrons. The molecule has 0 aromatic heterocycles. The highest BCUT2D eigenvalue weighted by molar-refractivity contribution is 5.73. The fourth-order valence-electron chi connectivity index (χ4n) is 3.31. The van der Waals surface area contributed by atoms with Crippen molar-refractivity contribution in [3.05, 3.63) is 0 Å². The minimum Gasteiger partial charge on any atom is -0.340 e. The number of carbonyl (C=O) groups is 1. The Morgan fingerprint density at radius 3 is 2.41 bits per heavy atom. The molecule has 98 valence electrons. The van der Waals surface area contributed by atoms with Crippen LogP contribution in [0.4, 0.5) is 0 Å². The Hall–Kier alpha value is -0.610. The van der Waals surface area contributed by atoms with E-state index in [-0.39, 0.29) is 5.91 Å². The second kappa shape index (κ2) is 5.83. The van der Waals surface area contributed by atoms with Crippen molar-refractivity contribution in [2.45, 2.75) is 38.6 Å². The van der Waals surface area contributed by atoms with Crippen LogP contribution < -0.4 is 5.73 Å². The van der Waals surface area contributed by atoms with Crippen molar-refractivity contribution in [2.24, 2.45) is 11.7 Å². The summed E-state index contributed by atoms with van der Waals surface area (Å²) < 4.78 is 0. The van der Waals surface area contributed by atoms with Crippen LogP contribution in [0.1, 0.15) is 32.6 Å². The van der Waals surface area contributed by atoms with Crippen LogP contribution in [-0.2, 0) is 4.79 Å². The molecule has 4 heteroatoms. The first kappa shape index (κ1) is 12.8. The van der Waals surface area contributed by atoms with E-state index in [1.54, 1.807) is 6.92 Å². The number of nitrogens with two attached hydrogens (primary N) is 1. The van der Waals surface area contributed by atoms with Crippen molar-refractivity contribution in [3.8, 4) is 0 Å². The van der Waals surface area contributed by atoms with Gasteiger partial charge in [-0.15, -0.1) is 0 Å². The van der Waals surface area contributed by atoms with Gasteiger partial charge >= 0.3 is 0 Å². The zero-order valence-electron chi connectivity index (χ0n) is 10.9. The third kappa shape index (κ3) is 2.99. The summed E-state index contributed by atoms with van der Waals surface area (Å²) in [5.41, 5.74) is 5.88. The molecule has 1 saturated carbocycles. The van der Waals surface area contributed by atoms with Crippen LogP contribution in [0.5, 0.6) is 0 Å². The fraction of sp³-hybridized carbons (Fsp3) is 0.923. The van der Waals surface area contributed by atoms with E-state index in [4.69, 9.17) is 5.73 Å². The summed E-state index contributed by atoms with van der Waals surface area (Å²) in [6, 6.07) is 0.669. The van der Waals surface area contributed by atoms with Gasteiger partial charge in [0, 0.05) is 39.1 Å². The first-order chi connectivity index (χ1) is 8.22. The summed E-state index contributed by atoms with van der Waals surface area (Å²) in [4.78, 5) is 15.8. The lowest BCUT2D eigenvalue weighted by atomic mass is 9.83. The standard InChI is InChI=1S/C13H25N3O/c1-11(17)15-6-8-16(9-7-15)13-5-3-2-4-12(13)10-14/h12-13H,2-10,14H2,1H3. The van der Waals surface area contributed by atoms with Gasteiger partial charge in [0.1, 0.15) is 0 Å². The van der Waals surface area contributed by atoms with Gasteiger partial charge in [-0.25, -0.2) is 0 Å². The van der Waals surface area contributed by atoms with Crippen molar-refractivity contribution in [2.75, 3.05) is 32.7 Å². The summed E-state index contributed by atoms with van der Waals surface area (Å²) in [6.45, 7) is 6.32. The maximum atomic E-state index is 11.3. The van der Waals surface area contributed by atoms with Gasteiger partial charge < -0.3 is 10.6 Å². The van der Waals surface area contributed by atoms with Gasteiger partial charge in [-0.2, -0.15) is 0 Å². The van der Waals surface area contributed by atoms with Crippen LogP contribution in [0.2, 0.25) is 0 Å². The smallest absolute Gasteiger partial charge is 0.219 e. The second-order valence-electron chi connectivity index (χ2n) is 5.39. The van der Waals surface area contributed by atoms with Crippen molar-refractivity contribution < 1.29 is 4.79 Å². The predicted octanol–water partition coefficient (Wildman–Crippen LogP) is 0.668. The number of hydrogen-bond donors (Lipinski definition) is 1. The van der Waals surface area contributed by atoms with Gasteiger partial charge in [0.05, 0.1) is 0 Å². The van der Waals surface area contributed by atoms with Gasteiger partial charge in [-0.05, 0) is 25.3 Å². The molecule has 4 nitrogen and oxygen atoms in total. The summed E-state index contributed by atoms with van der Waals surface area (Å²) in [5.74, 6) is 0.885. The summed E-state index contributed by atoms with van der Waals surface area (Å²) >= 11 is 0. The highest BCUT2D eigenvalue weighted by Gasteiger charge is 2.31. The normalized spacial score (nSPS) is 31.5. The molecule has 1 saturated heterocycles. The SMILES string of the molecule is CC(=O)N1CCN(C2CCCCC2CN)CC1. The zero-order chi connectivity index (χ0) is 12.3. The highest BCUT2D eigenvalue weighted by atomic mass is 16.2. The Labute approximate surface area is 104 Å². The van der Waals surface area contributed by atoms with E-state index in [1.807, 2.05) is 4.90 Å². The van der Waals surface area contributed by atoms with Crippen LogP contribution in [0, 0.1) is 5.92 Å². The van der Waals surface area contributed by atoms with Gasteiger partial charge in [0.2, 0.25) is 5.91 Å². The molecule has 0 spiro atoms. The molecular weight excluding hydrogens is 214 g/mol. The second-order valence-corrected chi connectivity index (χ2v) is 5.39. The predicted molar refractivity (Wildman–Crippen MR) is 68.6 cm³/mol. The molecule has 2 fully saturated rings. The van der Waals surface area contributed by atoms with E-state index in [0.717, 1.165) is 32.7 Å². The number of rotatable bonds is 2. The van der Waals surface area contributed by atoms with Crippen LogP contribution in [0.25, 0.3) is 0 Å². The Bertz CT molecular complexity index is 261. The van der Waals surface area contributed by atoms with E-state index in [2.05, 4.69) is 4.90 Å². The summed E-state index contributed by atoms with van der Waals surface area (Å²) in [6.07, 6.45) is 5.26. The molecule has 17 heavy (non-hydrogen) atoms. The molecule has 0 aromatic carbocycles. The highest BCUT2D eigenvalue weighted by Crippen LogP contribution is 2.28. The van der Waals surface area contributed by atoms with Crippen molar-refractivity contribution in [1.82, 2.24) is 9.80 Å². The fourth-order valence-corrected chi connectivity index (χ4v) is 3.31. The topological polar surface area (TPSA) is 49.6 Å². The summed E-state index contributed by atoms with van der Waals surface area (Å²) in [5, 5.41) is 0. The molecule has 2 aliphatic rings. The molecule has 1 heterocycles. The Morgan fingerprint density at radius 1 is 1.18 bits per heavy atom. The number of piperazine rings is 1. The molecule has 2 N–H and O–H groups in total. The van der Waals surface area contributed by atoms with E-state index in [1.165, 1.54) is 25.7 Å². The van der Waals surface area contributed by atoms with E-state index in [9.17, 15) is 4.79 Å². The molecule has 2 atom stereocenters. The lowest BCUT2D eigenvalue weighted by molar-refractivity contribution is -0.131. The maximum absolute atomic E-state index is 11.3. The number of carbonyl (C=O) groups excluding carboxylic acids is 1. The Kier molecular flexibility index (Phi) is 4.40. The lowest BCUT2D eigenvalue weighted by Gasteiger charge is -2.43. The third-order valence-electron chi connectivity index (χ3n) is 4.40. The first-order valence-corrected chi connectivity index (χ1v) is 6.92. The zero-order valence-corrected chi connectivity index (χ0v) is 10.9. The number of nitrogens with zero attached hydrogens (tertiary/aromatic N) is 2. The van der Waals surface area contributed by atoms with Crippen LogP contribution in [0.3, 0.4) is 0 Å². The molecule has 0 bridgehead atoms. The quantitative estimate of drug-likeness (QED) is 0.770. The number of amides is 1. The maximum Gasteiger partial charge on any atom is 0.219 e. The third-order valence-corrected chi connectivity index (χ3v) is 4.40. The minimum absolute atomic E-state index is 0.212. The van der Waals surface area contributed by atoms with Crippen LogP contribution in [0.15, 0.2) is 0 Å². The van der Waals surface area contributed by atoms with Gasteiger partial charge in [-0.3, -0.25) is 9.69 Å². The molecule has 0 aromatic rings. The summed E-state index contributed by atoms with van der Waals surface area (Å²) in [7, 11) is 0. The minimum atomic E-state index is 0.212. The number of hydrogen-bond acceptors (Lipinski definition) is 3. The van der Waals surface area contributed by atoms with Crippen molar-refractivity contribution in [3.63, 3.8) is 0 Å².